The topological polar surface area (TPSA) is 81.9 Å². The van der Waals surface area contributed by atoms with Crippen LogP contribution in [0.1, 0.15) is 25.3 Å². The minimum absolute atomic E-state index is 0.0742. The first-order valence-electron chi connectivity index (χ1n) is 9.44. The zero-order valence-corrected chi connectivity index (χ0v) is 17.6. The third-order valence-corrected chi connectivity index (χ3v) is 5.33. The molecule has 1 N–H and O–H groups in total. The third kappa shape index (κ3) is 5.42. The maximum absolute atomic E-state index is 12.5. The van der Waals surface area contributed by atoms with E-state index < -0.39 is 0 Å². The van der Waals surface area contributed by atoms with Gasteiger partial charge >= 0.3 is 0 Å². The summed E-state index contributed by atoms with van der Waals surface area (Å²) in [5.74, 6) is 1.24. The molecule has 2 heterocycles. The van der Waals surface area contributed by atoms with Gasteiger partial charge < -0.3 is 10.1 Å². The van der Waals surface area contributed by atoms with Crippen molar-refractivity contribution in [1.82, 2.24) is 19.7 Å². The summed E-state index contributed by atoms with van der Waals surface area (Å²) in [6, 6.07) is 11.7. The number of nitrogens with one attached hydrogen (secondary N) is 1. The monoisotopic (exact) mass is 411 g/mol. The van der Waals surface area contributed by atoms with E-state index in [9.17, 15) is 4.79 Å². The van der Waals surface area contributed by atoms with Gasteiger partial charge in [0.15, 0.2) is 11.0 Å². The number of hydrogen-bond acceptors (Lipinski definition) is 6. The van der Waals surface area contributed by atoms with Crippen molar-refractivity contribution in [1.29, 1.82) is 0 Å². The van der Waals surface area contributed by atoms with Gasteiger partial charge in [0.2, 0.25) is 5.91 Å². The molecule has 29 heavy (non-hydrogen) atoms. The SMILES string of the molecule is COCCn1c(SCC(=O)Nc2ccccc2C(C)C)nnc1-c1ccncc1. The van der Waals surface area contributed by atoms with Gasteiger partial charge in [0, 0.05) is 30.8 Å². The maximum atomic E-state index is 12.5. The van der Waals surface area contributed by atoms with Gasteiger partial charge in [0.05, 0.1) is 18.9 Å². The first-order chi connectivity index (χ1) is 14.1. The van der Waals surface area contributed by atoms with Crippen LogP contribution >= 0.6 is 11.8 Å². The van der Waals surface area contributed by atoms with E-state index in [2.05, 4.69) is 34.3 Å². The second kappa shape index (κ2) is 10.2. The van der Waals surface area contributed by atoms with E-state index in [4.69, 9.17) is 4.74 Å². The Morgan fingerprint density at radius 3 is 2.66 bits per heavy atom. The number of nitrogens with zero attached hydrogens (tertiary/aromatic N) is 4. The molecule has 0 fully saturated rings. The zero-order valence-electron chi connectivity index (χ0n) is 16.8. The number of benzene rings is 1. The molecule has 3 aromatic rings. The van der Waals surface area contributed by atoms with Gasteiger partial charge in [-0.05, 0) is 29.7 Å². The van der Waals surface area contributed by atoms with E-state index in [1.54, 1.807) is 19.5 Å². The molecule has 0 bridgehead atoms. The normalized spacial score (nSPS) is 11.0. The quantitative estimate of drug-likeness (QED) is 0.539. The second-order valence-corrected chi connectivity index (χ2v) is 7.71. The Morgan fingerprint density at radius 2 is 1.93 bits per heavy atom. The maximum Gasteiger partial charge on any atom is 0.234 e. The summed E-state index contributed by atoms with van der Waals surface area (Å²) < 4.78 is 7.19. The molecule has 2 aromatic heterocycles. The van der Waals surface area contributed by atoms with Gasteiger partial charge in [0.25, 0.3) is 0 Å². The van der Waals surface area contributed by atoms with Gasteiger partial charge in [-0.3, -0.25) is 14.3 Å². The molecule has 0 aliphatic heterocycles. The van der Waals surface area contributed by atoms with Crippen molar-refractivity contribution in [2.24, 2.45) is 0 Å². The number of aromatic nitrogens is 4. The van der Waals surface area contributed by atoms with Crippen molar-refractivity contribution in [2.45, 2.75) is 31.5 Å². The average molecular weight is 412 g/mol. The van der Waals surface area contributed by atoms with Crippen LogP contribution < -0.4 is 5.32 Å². The summed E-state index contributed by atoms with van der Waals surface area (Å²) in [6.45, 7) is 5.34. The van der Waals surface area contributed by atoms with E-state index in [-0.39, 0.29) is 11.7 Å². The molecule has 1 amide bonds. The number of thioether (sulfide) groups is 1. The second-order valence-electron chi connectivity index (χ2n) is 6.77. The largest absolute Gasteiger partial charge is 0.383 e. The lowest BCUT2D eigenvalue weighted by atomic mass is 10.0. The van der Waals surface area contributed by atoms with E-state index in [1.165, 1.54) is 11.8 Å². The first-order valence-corrected chi connectivity index (χ1v) is 10.4. The van der Waals surface area contributed by atoms with Crippen LogP contribution in [-0.4, -0.2) is 45.1 Å². The summed E-state index contributed by atoms with van der Waals surface area (Å²) >= 11 is 1.36. The van der Waals surface area contributed by atoms with Crippen molar-refractivity contribution >= 4 is 23.4 Å². The molecule has 0 saturated heterocycles. The van der Waals surface area contributed by atoms with E-state index in [0.29, 0.717) is 24.2 Å². The lowest BCUT2D eigenvalue weighted by molar-refractivity contribution is -0.113. The number of pyridine rings is 1. The highest BCUT2D eigenvalue weighted by Crippen LogP contribution is 2.26. The molecule has 0 spiro atoms. The number of para-hydroxylation sites is 1. The number of ether oxygens (including phenoxy) is 1. The van der Waals surface area contributed by atoms with Gasteiger partial charge in [-0.1, -0.05) is 43.8 Å². The van der Waals surface area contributed by atoms with E-state index >= 15 is 0 Å². The average Bonchev–Trinajstić information content (AvgIpc) is 3.14. The molecule has 0 atom stereocenters. The number of rotatable bonds is 9. The third-order valence-electron chi connectivity index (χ3n) is 4.36. The molecular weight excluding hydrogens is 386 g/mol. The van der Waals surface area contributed by atoms with Crippen molar-refractivity contribution in [2.75, 3.05) is 24.8 Å². The van der Waals surface area contributed by atoms with Crippen LogP contribution in [0.2, 0.25) is 0 Å². The number of anilines is 1. The van der Waals surface area contributed by atoms with Crippen molar-refractivity contribution in [3.63, 3.8) is 0 Å². The standard InChI is InChI=1S/C21H25N5O2S/c1-15(2)17-6-4-5-7-18(17)23-19(27)14-29-21-25-24-20(26(21)12-13-28-3)16-8-10-22-11-9-16/h4-11,15H,12-14H2,1-3H3,(H,23,27). The van der Waals surface area contributed by atoms with Crippen LogP contribution in [0.5, 0.6) is 0 Å². The number of carbonyl (C=O) groups is 1. The first kappa shape index (κ1) is 21.0. The highest BCUT2D eigenvalue weighted by Gasteiger charge is 2.16. The Labute approximate surface area is 174 Å². The molecule has 0 unspecified atom stereocenters. The zero-order chi connectivity index (χ0) is 20.6. The molecule has 8 heteroatoms. The van der Waals surface area contributed by atoms with Crippen LogP contribution in [0.25, 0.3) is 11.4 Å². The molecular formula is C21H25N5O2S. The number of hydrogen-bond donors (Lipinski definition) is 1. The molecule has 0 saturated carbocycles. The van der Waals surface area contributed by atoms with E-state index in [1.807, 2.05) is 41.0 Å². The van der Waals surface area contributed by atoms with Gasteiger partial charge in [-0.2, -0.15) is 0 Å². The summed E-state index contributed by atoms with van der Waals surface area (Å²) in [6.07, 6.45) is 3.44. The highest BCUT2D eigenvalue weighted by molar-refractivity contribution is 7.99. The van der Waals surface area contributed by atoms with Crippen LogP contribution in [-0.2, 0) is 16.1 Å². The molecule has 1 aromatic carbocycles. The Bertz CT molecular complexity index is 943. The highest BCUT2D eigenvalue weighted by atomic mass is 32.2. The molecule has 0 aliphatic rings. The van der Waals surface area contributed by atoms with Gasteiger partial charge in [-0.25, -0.2) is 0 Å². The Morgan fingerprint density at radius 1 is 1.17 bits per heavy atom. The molecule has 0 aliphatic carbocycles. The Balaban J connectivity index is 1.72. The fourth-order valence-electron chi connectivity index (χ4n) is 2.92. The summed E-state index contributed by atoms with van der Waals surface area (Å²) in [7, 11) is 1.66. The summed E-state index contributed by atoms with van der Waals surface area (Å²) in [4.78, 5) is 16.6. The lowest BCUT2D eigenvalue weighted by Crippen LogP contribution is -2.16. The Kier molecular flexibility index (Phi) is 7.37. The van der Waals surface area contributed by atoms with Crippen LogP contribution in [0.3, 0.4) is 0 Å². The summed E-state index contributed by atoms with van der Waals surface area (Å²) in [5, 5.41) is 12.3. The predicted octanol–water partition coefficient (Wildman–Crippen LogP) is 3.84. The van der Waals surface area contributed by atoms with Crippen molar-refractivity contribution in [3.8, 4) is 11.4 Å². The lowest BCUT2D eigenvalue weighted by Gasteiger charge is -2.13. The number of methoxy groups -OCH3 is 1. The fourth-order valence-corrected chi connectivity index (χ4v) is 3.69. The smallest absolute Gasteiger partial charge is 0.234 e. The molecule has 152 valence electrons. The molecule has 0 radical (unpaired) electrons. The van der Waals surface area contributed by atoms with Crippen LogP contribution in [0, 0.1) is 0 Å². The minimum Gasteiger partial charge on any atom is -0.383 e. The van der Waals surface area contributed by atoms with Crippen molar-refractivity contribution in [3.05, 3.63) is 54.4 Å². The van der Waals surface area contributed by atoms with Crippen LogP contribution in [0.15, 0.2) is 53.9 Å². The summed E-state index contributed by atoms with van der Waals surface area (Å²) in [5.41, 5.74) is 2.89. The van der Waals surface area contributed by atoms with E-state index in [0.717, 1.165) is 22.6 Å². The fraction of sp³-hybridized carbons (Fsp3) is 0.333. The van der Waals surface area contributed by atoms with Crippen LogP contribution in [0.4, 0.5) is 5.69 Å². The minimum atomic E-state index is -0.0742. The van der Waals surface area contributed by atoms with Crippen molar-refractivity contribution < 1.29 is 9.53 Å². The van der Waals surface area contributed by atoms with Gasteiger partial charge in [-0.15, -0.1) is 10.2 Å². The Hall–Kier alpha value is -2.71. The number of amides is 1. The number of carbonyl (C=O) groups excluding carboxylic acids is 1. The molecule has 7 nitrogen and oxygen atoms in total. The predicted molar refractivity (Wildman–Crippen MR) is 115 cm³/mol. The molecule has 3 rings (SSSR count). The van der Waals surface area contributed by atoms with Gasteiger partial charge in [0.1, 0.15) is 0 Å².